The van der Waals surface area contributed by atoms with Crippen LogP contribution in [0.25, 0.3) is 0 Å². The maximum atomic E-state index is 12.0. The number of hydrogen-bond acceptors (Lipinski definition) is 3. The number of amides is 1. The Bertz CT molecular complexity index is 490. The second-order valence-electron chi connectivity index (χ2n) is 7.05. The standard InChI is InChI=1S/C16H27N3O2/c1-6-13(18-15(20)21-16(3,4)5)14-8-17-10-19(14)9-12-7-11(12)2/h8,10-13H,6-7,9H2,1-5H3,(H,18,20)/t11?,12?,13-/m1/s1. The third-order valence-electron chi connectivity index (χ3n) is 3.91. The fourth-order valence-corrected chi connectivity index (χ4v) is 2.51. The van der Waals surface area contributed by atoms with Crippen LogP contribution >= 0.6 is 0 Å². The van der Waals surface area contributed by atoms with E-state index in [2.05, 4.69) is 28.7 Å². The summed E-state index contributed by atoms with van der Waals surface area (Å²) in [4.78, 5) is 16.2. The van der Waals surface area contributed by atoms with E-state index in [-0.39, 0.29) is 12.1 Å². The minimum atomic E-state index is -0.480. The molecule has 0 aromatic carbocycles. The fraction of sp³-hybridized carbons (Fsp3) is 0.750. The van der Waals surface area contributed by atoms with Crippen molar-refractivity contribution in [1.29, 1.82) is 0 Å². The molecule has 1 aliphatic rings. The molecule has 0 spiro atoms. The highest BCUT2D eigenvalue weighted by Crippen LogP contribution is 2.39. The van der Waals surface area contributed by atoms with E-state index in [1.54, 1.807) is 0 Å². The fourth-order valence-electron chi connectivity index (χ4n) is 2.51. The Balaban J connectivity index is 2.00. The third kappa shape index (κ3) is 4.48. The van der Waals surface area contributed by atoms with Gasteiger partial charge in [0.25, 0.3) is 0 Å². The lowest BCUT2D eigenvalue weighted by atomic mass is 10.1. The predicted molar refractivity (Wildman–Crippen MR) is 81.9 cm³/mol. The summed E-state index contributed by atoms with van der Waals surface area (Å²) >= 11 is 0. The van der Waals surface area contributed by atoms with Gasteiger partial charge in [0.1, 0.15) is 5.60 Å². The maximum Gasteiger partial charge on any atom is 0.408 e. The SMILES string of the molecule is CC[C@@H](NC(=O)OC(C)(C)C)c1cncn1CC1CC1C. The number of nitrogens with one attached hydrogen (secondary N) is 1. The minimum Gasteiger partial charge on any atom is -0.444 e. The van der Waals surface area contributed by atoms with Gasteiger partial charge in [-0.3, -0.25) is 0 Å². The summed E-state index contributed by atoms with van der Waals surface area (Å²) in [5.41, 5.74) is 0.578. The summed E-state index contributed by atoms with van der Waals surface area (Å²) in [5.74, 6) is 1.55. The van der Waals surface area contributed by atoms with Crippen LogP contribution in [0.2, 0.25) is 0 Å². The molecule has 1 saturated carbocycles. The minimum absolute atomic E-state index is 0.0589. The van der Waals surface area contributed by atoms with E-state index in [4.69, 9.17) is 4.74 Å². The van der Waals surface area contributed by atoms with Crippen molar-refractivity contribution in [2.24, 2.45) is 11.8 Å². The Morgan fingerprint density at radius 2 is 2.24 bits per heavy atom. The number of carbonyl (C=O) groups is 1. The van der Waals surface area contributed by atoms with Gasteiger partial charge in [-0.05, 0) is 45.4 Å². The van der Waals surface area contributed by atoms with Crippen molar-refractivity contribution in [2.75, 3.05) is 0 Å². The molecule has 0 aliphatic heterocycles. The van der Waals surface area contributed by atoms with Crippen LogP contribution in [0, 0.1) is 11.8 Å². The number of nitrogens with zero attached hydrogens (tertiary/aromatic N) is 2. The molecular formula is C16H27N3O2. The molecule has 1 amide bonds. The molecular weight excluding hydrogens is 266 g/mol. The van der Waals surface area contributed by atoms with Crippen molar-refractivity contribution in [3.63, 3.8) is 0 Å². The molecule has 1 aromatic rings. The number of hydrogen-bond donors (Lipinski definition) is 1. The highest BCUT2D eigenvalue weighted by Gasteiger charge is 2.33. The van der Waals surface area contributed by atoms with Crippen LogP contribution in [0.15, 0.2) is 12.5 Å². The molecule has 1 aliphatic carbocycles. The lowest BCUT2D eigenvalue weighted by Gasteiger charge is -2.23. The van der Waals surface area contributed by atoms with E-state index in [1.807, 2.05) is 33.3 Å². The molecule has 0 radical (unpaired) electrons. The van der Waals surface area contributed by atoms with Crippen LogP contribution in [-0.4, -0.2) is 21.2 Å². The molecule has 118 valence electrons. The van der Waals surface area contributed by atoms with E-state index < -0.39 is 5.60 Å². The zero-order chi connectivity index (χ0) is 15.6. The van der Waals surface area contributed by atoms with E-state index in [0.29, 0.717) is 0 Å². The third-order valence-corrected chi connectivity index (χ3v) is 3.91. The van der Waals surface area contributed by atoms with Gasteiger partial charge in [-0.15, -0.1) is 0 Å². The van der Waals surface area contributed by atoms with Gasteiger partial charge >= 0.3 is 6.09 Å². The van der Waals surface area contributed by atoms with Crippen LogP contribution in [0.1, 0.15) is 59.2 Å². The number of imidazole rings is 1. The summed E-state index contributed by atoms with van der Waals surface area (Å²) in [6.07, 6.45) is 5.43. The first-order valence-corrected chi connectivity index (χ1v) is 7.79. The molecule has 1 heterocycles. The largest absolute Gasteiger partial charge is 0.444 e. The molecule has 1 N–H and O–H groups in total. The summed E-state index contributed by atoms with van der Waals surface area (Å²) < 4.78 is 7.51. The van der Waals surface area contributed by atoms with E-state index in [0.717, 1.165) is 30.5 Å². The molecule has 5 nitrogen and oxygen atoms in total. The molecule has 0 bridgehead atoms. The quantitative estimate of drug-likeness (QED) is 0.903. The van der Waals surface area contributed by atoms with Crippen molar-refractivity contribution in [2.45, 2.75) is 65.6 Å². The zero-order valence-electron chi connectivity index (χ0n) is 13.7. The van der Waals surface area contributed by atoms with Gasteiger partial charge in [0.2, 0.25) is 0 Å². The summed E-state index contributed by atoms with van der Waals surface area (Å²) in [6.45, 7) is 10.9. The predicted octanol–water partition coefficient (Wildman–Crippen LogP) is 3.51. The number of aromatic nitrogens is 2. The Morgan fingerprint density at radius 3 is 2.76 bits per heavy atom. The van der Waals surface area contributed by atoms with Gasteiger partial charge in [-0.1, -0.05) is 13.8 Å². The normalized spacial score (nSPS) is 22.7. The van der Waals surface area contributed by atoms with Crippen LogP contribution in [0.3, 0.4) is 0 Å². The highest BCUT2D eigenvalue weighted by molar-refractivity contribution is 5.68. The van der Waals surface area contributed by atoms with Crippen LogP contribution in [0.5, 0.6) is 0 Å². The molecule has 2 rings (SSSR count). The Kier molecular flexibility index (Phi) is 4.59. The monoisotopic (exact) mass is 293 g/mol. The number of alkyl carbamates (subject to hydrolysis) is 1. The van der Waals surface area contributed by atoms with Crippen LogP contribution in [0.4, 0.5) is 4.79 Å². The molecule has 5 heteroatoms. The van der Waals surface area contributed by atoms with Gasteiger partial charge in [0.05, 0.1) is 24.3 Å². The average Bonchev–Trinajstić information content (AvgIpc) is 2.86. The lowest BCUT2D eigenvalue weighted by Crippen LogP contribution is -2.35. The molecule has 3 atom stereocenters. The van der Waals surface area contributed by atoms with E-state index >= 15 is 0 Å². The average molecular weight is 293 g/mol. The van der Waals surface area contributed by atoms with Crippen molar-refractivity contribution in [3.05, 3.63) is 18.2 Å². The van der Waals surface area contributed by atoms with Gasteiger partial charge < -0.3 is 14.6 Å². The topological polar surface area (TPSA) is 56.1 Å². The number of rotatable bonds is 5. The Labute approximate surface area is 127 Å². The van der Waals surface area contributed by atoms with E-state index in [1.165, 1.54) is 6.42 Å². The smallest absolute Gasteiger partial charge is 0.408 e. The second kappa shape index (κ2) is 6.08. The summed E-state index contributed by atoms with van der Waals surface area (Å²) in [7, 11) is 0. The van der Waals surface area contributed by atoms with Crippen LogP contribution in [-0.2, 0) is 11.3 Å². The first-order chi connectivity index (χ1) is 9.80. The second-order valence-corrected chi connectivity index (χ2v) is 7.05. The van der Waals surface area contributed by atoms with Crippen molar-refractivity contribution < 1.29 is 9.53 Å². The highest BCUT2D eigenvalue weighted by atomic mass is 16.6. The summed E-state index contributed by atoms with van der Waals surface area (Å²) in [6, 6.07) is -0.0589. The summed E-state index contributed by atoms with van der Waals surface area (Å²) in [5, 5.41) is 2.95. The van der Waals surface area contributed by atoms with Gasteiger partial charge in [0.15, 0.2) is 0 Å². The molecule has 2 unspecified atom stereocenters. The van der Waals surface area contributed by atoms with Crippen molar-refractivity contribution in [3.8, 4) is 0 Å². The first kappa shape index (κ1) is 15.9. The molecule has 0 saturated heterocycles. The lowest BCUT2D eigenvalue weighted by molar-refractivity contribution is 0.0500. The Morgan fingerprint density at radius 1 is 1.57 bits per heavy atom. The van der Waals surface area contributed by atoms with Crippen molar-refractivity contribution in [1.82, 2.24) is 14.9 Å². The zero-order valence-corrected chi connectivity index (χ0v) is 13.7. The first-order valence-electron chi connectivity index (χ1n) is 7.79. The van der Waals surface area contributed by atoms with Gasteiger partial charge in [-0.2, -0.15) is 0 Å². The van der Waals surface area contributed by atoms with Crippen LogP contribution < -0.4 is 5.32 Å². The molecule has 1 fully saturated rings. The Hall–Kier alpha value is -1.52. The number of carbonyl (C=O) groups excluding carboxylic acids is 1. The van der Waals surface area contributed by atoms with Gasteiger partial charge in [0, 0.05) is 6.54 Å². The van der Waals surface area contributed by atoms with Crippen molar-refractivity contribution >= 4 is 6.09 Å². The van der Waals surface area contributed by atoms with E-state index in [9.17, 15) is 4.79 Å². The maximum absolute atomic E-state index is 12.0. The number of ether oxygens (including phenoxy) is 1. The molecule has 1 aromatic heterocycles. The molecule has 21 heavy (non-hydrogen) atoms. The van der Waals surface area contributed by atoms with Gasteiger partial charge in [-0.25, -0.2) is 9.78 Å².